The van der Waals surface area contributed by atoms with E-state index in [1.807, 2.05) is 0 Å². The Bertz CT molecular complexity index is 1430. The van der Waals surface area contributed by atoms with Crippen LogP contribution in [-0.4, -0.2) is 43.8 Å². The van der Waals surface area contributed by atoms with Crippen LogP contribution in [0, 0.1) is 5.82 Å². The number of benzene rings is 3. The molecular formula is C30H33ClFN3O4S. The van der Waals surface area contributed by atoms with Crippen molar-refractivity contribution in [2.45, 2.75) is 62.6 Å². The number of anilines is 1. The molecule has 0 radical (unpaired) electrons. The molecule has 0 aromatic heterocycles. The first-order valence-electron chi connectivity index (χ1n) is 13.4. The summed E-state index contributed by atoms with van der Waals surface area (Å²) < 4.78 is 43.3. The summed E-state index contributed by atoms with van der Waals surface area (Å²) in [7, 11) is -4.34. The number of carbonyl (C=O) groups is 2. The van der Waals surface area contributed by atoms with Crippen LogP contribution in [0.2, 0.25) is 5.02 Å². The fourth-order valence-corrected chi connectivity index (χ4v) is 6.62. The highest BCUT2D eigenvalue weighted by atomic mass is 35.5. The molecule has 1 N–H and O–H groups in total. The van der Waals surface area contributed by atoms with Gasteiger partial charge in [0.1, 0.15) is 18.4 Å². The van der Waals surface area contributed by atoms with Crippen molar-refractivity contribution in [1.82, 2.24) is 10.2 Å². The fraction of sp³-hybridized carbons (Fsp3) is 0.333. The predicted octanol–water partition coefficient (Wildman–Crippen LogP) is 5.54. The van der Waals surface area contributed by atoms with E-state index in [-0.39, 0.29) is 29.1 Å². The van der Waals surface area contributed by atoms with Crippen molar-refractivity contribution in [3.05, 3.63) is 95.3 Å². The lowest BCUT2D eigenvalue weighted by Gasteiger charge is -2.34. The van der Waals surface area contributed by atoms with Gasteiger partial charge in [-0.15, -0.1) is 0 Å². The average Bonchev–Trinajstić information content (AvgIpc) is 3.46. The molecule has 2 amide bonds. The first kappa shape index (κ1) is 29.6. The first-order chi connectivity index (χ1) is 19.2. The van der Waals surface area contributed by atoms with Crippen LogP contribution in [0.3, 0.4) is 0 Å². The minimum absolute atomic E-state index is 0.0222. The first-order valence-corrected chi connectivity index (χ1v) is 15.2. The van der Waals surface area contributed by atoms with Crippen LogP contribution < -0.4 is 9.62 Å². The lowest BCUT2D eigenvalue weighted by Crippen LogP contribution is -2.53. The van der Waals surface area contributed by atoms with Crippen molar-refractivity contribution in [3.63, 3.8) is 0 Å². The summed E-state index contributed by atoms with van der Waals surface area (Å²) in [6.45, 7) is 1.06. The van der Waals surface area contributed by atoms with Crippen molar-refractivity contribution in [2.24, 2.45) is 0 Å². The van der Waals surface area contributed by atoms with E-state index in [1.54, 1.807) is 49.4 Å². The van der Waals surface area contributed by atoms with Gasteiger partial charge in [-0.05, 0) is 55.2 Å². The van der Waals surface area contributed by atoms with Crippen molar-refractivity contribution in [1.29, 1.82) is 0 Å². The second-order valence-electron chi connectivity index (χ2n) is 9.80. The summed E-state index contributed by atoms with van der Waals surface area (Å²) in [5, 5.41) is 3.47. The standard InChI is InChI=1S/C30H33ClFN3O4S/c1-2-27(30(37)33-23-13-7-8-14-23)34(20-22-12-6-9-17-25(22)31)29(36)21-35(28-19-11-10-18-26(28)32)40(38,39)24-15-4-3-5-16-24/h3-6,9-12,15-19,23,27H,2,7-8,13-14,20-21H2,1H3,(H,33,37). The predicted molar refractivity (Wildman–Crippen MR) is 154 cm³/mol. The number of rotatable bonds is 11. The maximum atomic E-state index is 15.0. The molecule has 1 unspecified atom stereocenters. The highest BCUT2D eigenvalue weighted by Crippen LogP contribution is 2.28. The smallest absolute Gasteiger partial charge is 0.264 e. The maximum absolute atomic E-state index is 15.0. The van der Waals surface area contributed by atoms with E-state index in [9.17, 15) is 18.0 Å². The molecule has 0 saturated heterocycles. The molecule has 4 rings (SSSR count). The van der Waals surface area contributed by atoms with E-state index in [4.69, 9.17) is 11.6 Å². The van der Waals surface area contributed by atoms with Crippen LogP contribution in [0.4, 0.5) is 10.1 Å². The lowest BCUT2D eigenvalue weighted by molar-refractivity contribution is -0.140. The van der Waals surface area contributed by atoms with E-state index in [2.05, 4.69) is 5.32 Å². The quantitative estimate of drug-likeness (QED) is 0.320. The van der Waals surface area contributed by atoms with Crippen molar-refractivity contribution in [3.8, 4) is 0 Å². The summed E-state index contributed by atoms with van der Waals surface area (Å²) in [6.07, 6.45) is 4.09. The summed E-state index contributed by atoms with van der Waals surface area (Å²) >= 11 is 6.42. The molecule has 0 bridgehead atoms. The summed E-state index contributed by atoms with van der Waals surface area (Å²) in [6, 6.07) is 19.1. The van der Waals surface area contributed by atoms with Gasteiger partial charge in [0.05, 0.1) is 10.6 Å². The molecule has 1 aliphatic carbocycles. The van der Waals surface area contributed by atoms with Crippen molar-refractivity contribution < 1.29 is 22.4 Å². The number of sulfonamides is 1. The van der Waals surface area contributed by atoms with E-state index in [0.717, 1.165) is 36.1 Å². The molecular weight excluding hydrogens is 553 g/mol. The lowest BCUT2D eigenvalue weighted by atomic mass is 10.1. The minimum Gasteiger partial charge on any atom is -0.352 e. The van der Waals surface area contributed by atoms with Gasteiger partial charge in [0.2, 0.25) is 11.8 Å². The van der Waals surface area contributed by atoms with Crippen LogP contribution in [0.1, 0.15) is 44.6 Å². The number of halogens is 2. The highest BCUT2D eigenvalue weighted by Gasteiger charge is 2.35. The maximum Gasteiger partial charge on any atom is 0.264 e. The van der Waals surface area contributed by atoms with Gasteiger partial charge < -0.3 is 10.2 Å². The monoisotopic (exact) mass is 585 g/mol. The SMILES string of the molecule is CCC(C(=O)NC1CCCC1)N(Cc1ccccc1Cl)C(=O)CN(c1ccccc1F)S(=O)(=O)c1ccccc1. The van der Waals surface area contributed by atoms with Crippen molar-refractivity contribution >= 4 is 39.1 Å². The third kappa shape index (κ3) is 6.82. The van der Waals surface area contributed by atoms with E-state index < -0.39 is 34.3 Å². The normalized spacial score (nSPS) is 14.5. The third-order valence-electron chi connectivity index (χ3n) is 7.12. The van der Waals surface area contributed by atoms with Crippen LogP contribution in [0.25, 0.3) is 0 Å². The third-order valence-corrected chi connectivity index (χ3v) is 9.26. The van der Waals surface area contributed by atoms with Gasteiger partial charge in [-0.1, -0.05) is 79.9 Å². The number of amides is 2. The zero-order valence-corrected chi connectivity index (χ0v) is 23.9. The molecule has 40 heavy (non-hydrogen) atoms. The van der Waals surface area contributed by atoms with Gasteiger partial charge in [-0.3, -0.25) is 13.9 Å². The Morgan fingerprint density at radius 2 is 1.60 bits per heavy atom. The zero-order chi connectivity index (χ0) is 28.7. The number of hydrogen-bond donors (Lipinski definition) is 1. The Morgan fingerprint density at radius 3 is 2.25 bits per heavy atom. The van der Waals surface area contributed by atoms with Gasteiger partial charge in [0, 0.05) is 17.6 Å². The largest absolute Gasteiger partial charge is 0.352 e. The van der Waals surface area contributed by atoms with Gasteiger partial charge in [-0.25, -0.2) is 12.8 Å². The van der Waals surface area contributed by atoms with Crippen LogP contribution in [0.15, 0.2) is 83.8 Å². The summed E-state index contributed by atoms with van der Waals surface area (Å²) in [5.41, 5.74) is 0.342. The van der Waals surface area contributed by atoms with Crippen LogP contribution >= 0.6 is 11.6 Å². The Balaban J connectivity index is 1.72. The molecule has 1 fully saturated rings. The topological polar surface area (TPSA) is 86.8 Å². The Labute approximate surface area is 240 Å². The van der Waals surface area contributed by atoms with Gasteiger partial charge in [0.15, 0.2) is 0 Å². The number of nitrogens with zero attached hydrogens (tertiary/aromatic N) is 2. The molecule has 0 aliphatic heterocycles. The van der Waals surface area contributed by atoms with Gasteiger partial charge in [-0.2, -0.15) is 0 Å². The molecule has 1 aliphatic rings. The zero-order valence-electron chi connectivity index (χ0n) is 22.3. The van der Waals surface area contributed by atoms with Gasteiger partial charge >= 0.3 is 0 Å². The highest BCUT2D eigenvalue weighted by molar-refractivity contribution is 7.92. The molecule has 1 atom stereocenters. The van der Waals surface area contributed by atoms with Crippen molar-refractivity contribution in [2.75, 3.05) is 10.8 Å². The Morgan fingerprint density at radius 1 is 0.975 bits per heavy atom. The van der Waals surface area contributed by atoms with E-state index in [1.165, 1.54) is 35.2 Å². The molecule has 3 aromatic carbocycles. The molecule has 212 valence electrons. The molecule has 10 heteroatoms. The summed E-state index contributed by atoms with van der Waals surface area (Å²) in [4.78, 5) is 28.8. The molecule has 3 aromatic rings. The number of hydrogen-bond acceptors (Lipinski definition) is 4. The Hall–Kier alpha value is -3.43. The fourth-order valence-electron chi connectivity index (χ4n) is 4.98. The minimum atomic E-state index is -4.34. The molecule has 1 saturated carbocycles. The number of para-hydroxylation sites is 1. The molecule has 0 spiro atoms. The average molecular weight is 586 g/mol. The molecule has 7 nitrogen and oxygen atoms in total. The van der Waals surface area contributed by atoms with Crippen LogP contribution in [0.5, 0.6) is 0 Å². The second kappa shape index (κ2) is 13.3. The Kier molecular flexibility index (Phi) is 9.81. The number of nitrogens with one attached hydrogen (secondary N) is 1. The number of carbonyl (C=O) groups excluding carboxylic acids is 2. The van der Waals surface area contributed by atoms with E-state index in [0.29, 0.717) is 17.0 Å². The van der Waals surface area contributed by atoms with Gasteiger partial charge in [0.25, 0.3) is 10.0 Å². The van der Waals surface area contributed by atoms with E-state index >= 15 is 4.39 Å². The summed E-state index contributed by atoms with van der Waals surface area (Å²) in [5.74, 6) is -1.76. The molecule has 0 heterocycles. The second-order valence-corrected chi connectivity index (χ2v) is 12.1. The van der Waals surface area contributed by atoms with Crippen LogP contribution in [-0.2, 0) is 26.2 Å².